The summed E-state index contributed by atoms with van der Waals surface area (Å²) in [6.45, 7) is 6.29. The molecule has 0 radical (unpaired) electrons. The average molecular weight is 265 g/mol. The van der Waals surface area contributed by atoms with E-state index in [9.17, 15) is 0 Å². The quantitative estimate of drug-likeness (QED) is 0.847. The second kappa shape index (κ2) is 6.03. The first-order valence-electron chi connectivity index (χ1n) is 7.10. The van der Waals surface area contributed by atoms with E-state index < -0.39 is 0 Å². The van der Waals surface area contributed by atoms with Gasteiger partial charge in [0.05, 0.1) is 12.2 Å². The number of aromatic nitrogens is 2. The third-order valence-corrected chi connectivity index (χ3v) is 4.42. The molecule has 1 aromatic heterocycles. The number of hydrogen-bond donors (Lipinski definition) is 1. The normalized spacial score (nSPS) is 22.3. The number of hydrogen-bond acceptors (Lipinski definition) is 4. The molecule has 0 spiro atoms. The lowest BCUT2D eigenvalue weighted by atomic mass is 10.0. The maximum atomic E-state index is 6.00. The van der Waals surface area contributed by atoms with E-state index in [1.165, 1.54) is 30.8 Å². The molecule has 2 heterocycles. The minimum atomic E-state index is 0.277. The molecule has 108 valence electrons. The minimum Gasteiger partial charge on any atom is -0.329 e. The first-order valence-corrected chi connectivity index (χ1v) is 7.10. The van der Waals surface area contributed by atoms with Crippen LogP contribution in [-0.2, 0) is 7.05 Å². The fraction of sp³-hybridized carbons (Fsp3) is 0.786. The Labute approximate surface area is 116 Å². The van der Waals surface area contributed by atoms with E-state index in [0.29, 0.717) is 6.54 Å². The van der Waals surface area contributed by atoms with Gasteiger partial charge in [-0.1, -0.05) is 0 Å². The number of aryl methyl sites for hydroxylation is 1. The number of likely N-dealkylation sites (tertiary alicyclic amines) is 1. The molecule has 1 aromatic rings. The van der Waals surface area contributed by atoms with Crippen LogP contribution in [0, 0.1) is 12.8 Å². The monoisotopic (exact) mass is 265 g/mol. The molecule has 2 N–H and O–H groups in total. The van der Waals surface area contributed by atoms with Gasteiger partial charge < -0.3 is 10.6 Å². The van der Waals surface area contributed by atoms with Gasteiger partial charge in [0.2, 0.25) is 0 Å². The Bertz CT molecular complexity index is 414. The molecule has 0 saturated carbocycles. The van der Waals surface area contributed by atoms with Crippen molar-refractivity contribution < 1.29 is 0 Å². The summed E-state index contributed by atoms with van der Waals surface area (Å²) >= 11 is 0. The summed E-state index contributed by atoms with van der Waals surface area (Å²) in [6.07, 6.45) is 3.26. The molecule has 2 atom stereocenters. The van der Waals surface area contributed by atoms with Crippen LogP contribution < -0.4 is 5.73 Å². The topological polar surface area (TPSA) is 50.3 Å². The smallest absolute Gasteiger partial charge is 0.0540 e. The molecule has 0 aliphatic carbocycles. The van der Waals surface area contributed by atoms with Crippen LogP contribution in [0.3, 0.4) is 0 Å². The molecule has 2 rings (SSSR count). The van der Waals surface area contributed by atoms with Gasteiger partial charge >= 0.3 is 0 Å². The van der Waals surface area contributed by atoms with Crippen molar-refractivity contribution >= 4 is 0 Å². The maximum absolute atomic E-state index is 6.00. The zero-order chi connectivity index (χ0) is 14.0. The Morgan fingerprint density at radius 3 is 2.74 bits per heavy atom. The van der Waals surface area contributed by atoms with E-state index in [2.05, 4.69) is 35.9 Å². The fourth-order valence-corrected chi connectivity index (χ4v) is 3.10. The number of likely N-dealkylation sites (N-methyl/N-ethyl adjacent to an activating group) is 1. The summed E-state index contributed by atoms with van der Waals surface area (Å²) in [4.78, 5) is 4.80. The van der Waals surface area contributed by atoms with Crippen LogP contribution in [0.15, 0.2) is 6.20 Å². The van der Waals surface area contributed by atoms with Crippen molar-refractivity contribution in [2.45, 2.75) is 19.4 Å². The lowest BCUT2D eigenvalue weighted by molar-refractivity contribution is 0.211. The molecule has 1 aliphatic rings. The van der Waals surface area contributed by atoms with Gasteiger partial charge in [-0.2, -0.15) is 5.10 Å². The molecular formula is C14H27N5. The molecule has 2 unspecified atom stereocenters. The van der Waals surface area contributed by atoms with Crippen LogP contribution in [0.2, 0.25) is 0 Å². The molecule has 5 heteroatoms. The van der Waals surface area contributed by atoms with E-state index in [1.807, 2.05) is 17.9 Å². The molecule has 1 saturated heterocycles. The van der Waals surface area contributed by atoms with Gasteiger partial charge in [-0.15, -0.1) is 0 Å². The lowest BCUT2D eigenvalue weighted by Crippen LogP contribution is -2.35. The van der Waals surface area contributed by atoms with E-state index >= 15 is 0 Å². The van der Waals surface area contributed by atoms with Crippen molar-refractivity contribution in [1.29, 1.82) is 0 Å². The number of nitrogens with two attached hydrogens (primary N) is 1. The van der Waals surface area contributed by atoms with Crippen molar-refractivity contribution in [3.8, 4) is 0 Å². The predicted molar refractivity (Wildman–Crippen MR) is 78.0 cm³/mol. The highest BCUT2D eigenvalue weighted by Crippen LogP contribution is 2.24. The number of nitrogens with zero attached hydrogens (tertiary/aromatic N) is 4. The molecule has 0 aromatic carbocycles. The largest absolute Gasteiger partial charge is 0.329 e. The summed E-state index contributed by atoms with van der Waals surface area (Å²) in [5.41, 5.74) is 8.47. The van der Waals surface area contributed by atoms with Gasteiger partial charge in [0.15, 0.2) is 0 Å². The summed E-state index contributed by atoms with van der Waals surface area (Å²) in [5.74, 6) is 0.765. The molecule has 5 nitrogen and oxygen atoms in total. The second-order valence-corrected chi connectivity index (χ2v) is 5.92. The van der Waals surface area contributed by atoms with Gasteiger partial charge in [0.1, 0.15) is 0 Å². The zero-order valence-corrected chi connectivity index (χ0v) is 12.6. The van der Waals surface area contributed by atoms with Crippen LogP contribution in [0.5, 0.6) is 0 Å². The van der Waals surface area contributed by atoms with Crippen molar-refractivity contribution in [3.05, 3.63) is 17.5 Å². The van der Waals surface area contributed by atoms with Gasteiger partial charge in [0.25, 0.3) is 0 Å². The fourth-order valence-electron chi connectivity index (χ4n) is 3.10. The standard InChI is InChI=1S/C14H27N5/c1-11-13(8-16-19(11)4)14(7-15)18(3)10-12-5-6-17(2)9-12/h8,12,14H,5-7,9-10,15H2,1-4H3. The Hall–Kier alpha value is -0.910. The Morgan fingerprint density at radius 2 is 2.26 bits per heavy atom. The van der Waals surface area contributed by atoms with Gasteiger partial charge in [-0.05, 0) is 39.9 Å². The summed E-state index contributed by atoms with van der Waals surface area (Å²) in [6, 6.07) is 0.277. The Morgan fingerprint density at radius 1 is 1.53 bits per heavy atom. The van der Waals surface area contributed by atoms with E-state index in [0.717, 1.165) is 12.5 Å². The zero-order valence-electron chi connectivity index (χ0n) is 12.6. The van der Waals surface area contributed by atoms with Gasteiger partial charge in [0, 0.05) is 37.9 Å². The molecule has 1 aliphatic heterocycles. The Kier molecular flexibility index (Phi) is 4.60. The van der Waals surface area contributed by atoms with E-state index in [1.54, 1.807) is 0 Å². The van der Waals surface area contributed by atoms with Crippen molar-refractivity contribution in [3.63, 3.8) is 0 Å². The SMILES string of the molecule is Cc1c(C(CN)N(C)CC2CCN(C)C2)cnn1C. The average Bonchev–Trinajstić information content (AvgIpc) is 2.91. The van der Waals surface area contributed by atoms with E-state index in [4.69, 9.17) is 5.73 Å². The molecule has 19 heavy (non-hydrogen) atoms. The molecule has 0 bridgehead atoms. The second-order valence-electron chi connectivity index (χ2n) is 5.92. The summed E-state index contributed by atoms with van der Waals surface area (Å²) in [5, 5.41) is 4.34. The molecule has 0 amide bonds. The van der Waals surface area contributed by atoms with Crippen LogP contribution in [-0.4, -0.2) is 59.9 Å². The van der Waals surface area contributed by atoms with Crippen LogP contribution in [0.4, 0.5) is 0 Å². The first kappa shape index (κ1) is 14.5. The van der Waals surface area contributed by atoms with Gasteiger partial charge in [-0.3, -0.25) is 9.58 Å². The predicted octanol–water partition coefficient (Wildman–Crippen LogP) is 0.612. The Balaban J connectivity index is 2.03. The highest BCUT2D eigenvalue weighted by Gasteiger charge is 2.25. The maximum Gasteiger partial charge on any atom is 0.0540 e. The molecule has 1 fully saturated rings. The van der Waals surface area contributed by atoms with Crippen molar-refractivity contribution in [2.24, 2.45) is 18.7 Å². The highest BCUT2D eigenvalue weighted by molar-refractivity contribution is 5.21. The van der Waals surface area contributed by atoms with Crippen molar-refractivity contribution in [1.82, 2.24) is 19.6 Å². The van der Waals surface area contributed by atoms with Crippen LogP contribution >= 0.6 is 0 Å². The highest BCUT2D eigenvalue weighted by atomic mass is 15.3. The lowest BCUT2D eigenvalue weighted by Gasteiger charge is -2.29. The third kappa shape index (κ3) is 3.16. The van der Waals surface area contributed by atoms with Gasteiger partial charge in [-0.25, -0.2) is 0 Å². The third-order valence-electron chi connectivity index (χ3n) is 4.42. The van der Waals surface area contributed by atoms with Crippen LogP contribution in [0.1, 0.15) is 23.7 Å². The van der Waals surface area contributed by atoms with Crippen LogP contribution in [0.25, 0.3) is 0 Å². The molecular weight excluding hydrogens is 238 g/mol. The summed E-state index contributed by atoms with van der Waals surface area (Å²) in [7, 11) is 6.37. The minimum absolute atomic E-state index is 0.277. The summed E-state index contributed by atoms with van der Waals surface area (Å²) < 4.78 is 1.93. The first-order chi connectivity index (χ1) is 9.02. The number of rotatable bonds is 5. The van der Waals surface area contributed by atoms with E-state index in [-0.39, 0.29) is 6.04 Å². The van der Waals surface area contributed by atoms with Crippen molar-refractivity contribution in [2.75, 3.05) is 40.3 Å².